The number of anilines is 1. The molecular formula is C29H26N2O4. The van der Waals surface area contributed by atoms with Gasteiger partial charge < -0.3 is 19.4 Å². The van der Waals surface area contributed by atoms with Crippen LogP contribution in [0.5, 0.6) is 5.75 Å². The second-order valence-electron chi connectivity index (χ2n) is 8.67. The summed E-state index contributed by atoms with van der Waals surface area (Å²) >= 11 is 0. The number of carbonyl (C=O) groups is 2. The van der Waals surface area contributed by atoms with Gasteiger partial charge in [0.25, 0.3) is 11.8 Å². The summed E-state index contributed by atoms with van der Waals surface area (Å²) in [5.41, 5.74) is 4.83. The van der Waals surface area contributed by atoms with Gasteiger partial charge in [0.05, 0.1) is 7.11 Å². The van der Waals surface area contributed by atoms with E-state index in [1.807, 2.05) is 66.4 Å². The van der Waals surface area contributed by atoms with E-state index in [2.05, 4.69) is 5.32 Å². The summed E-state index contributed by atoms with van der Waals surface area (Å²) in [6.07, 6.45) is 0.666. The second kappa shape index (κ2) is 9.50. The van der Waals surface area contributed by atoms with E-state index >= 15 is 0 Å². The zero-order valence-corrected chi connectivity index (χ0v) is 19.7. The number of nitrogens with zero attached hydrogens (tertiary/aromatic N) is 1. The van der Waals surface area contributed by atoms with E-state index < -0.39 is 0 Å². The number of amides is 2. The topological polar surface area (TPSA) is 71.8 Å². The van der Waals surface area contributed by atoms with E-state index in [-0.39, 0.29) is 11.8 Å². The fourth-order valence-electron chi connectivity index (χ4n) is 4.33. The van der Waals surface area contributed by atoms with E-state index in [9.17, 15) is 9.59 Å². The van der Waals surface area contributed by atoms with Crippen LogP contribution in [0.2, 0.25) is 0 Å². The van der Waals surface area contributed by atoms with Crippen LogP contribution >= 0.6 is 0 Å². The highest BCUT2D eigenvalue weighted by atomic mass is 16.5. The maximum atomic E-state index is 13.0. The predicted molar refractivity (Wildman–Crippen MR) is 135 cm³/mol. The van der Waals surface area contributed by atoms with Crippen molar-refractivity contribution in [1.29, 1.82) is 0 Å². The van der Waals surface area contributed by atoms with Gasteiger partial charge in [-0.25, -0.2) is 0 Å². The number of rotatable bonds is 5. The lowest BCUT2D eigenvalue weighted by atomic mass is 10.1. The number of carbonyl (C=O) groups excluding carboxylic acids is 2. The zero-order valence-electron chi connectivity index (χ0n) is 19.7. The van der Waals surface area contributed by atoms with E-state index in [0.29, 0.717) is 42.1 Å². The summed E-state index contributed by atoms with van der Waals surface area (Å²) in [5.74, 6) is 2.06. The minimum atomic E-state index is -0.218. The van der Waals surface area contributed by atoms with Crippen LogP contribution in [0, 0.1) is 6.92 Å². The summed E-state index contributed by atoms with van der Waals surface area (Å²) in [6.45, 7) is 3.11. The minimum Gasteiger partial charge on any atom is -0.497 e. The number of nitrogens with one attached hydrogen (secondary N) is 1. The number of furan rings is 1. The van der Waals surface area contributed by atoms with Crippen molar-refractivity contribution in [3.05, 3.63) is 107 Å². The Bertz CT molecular complexity index is 1410. The van der Waals surface area contributed by atoms with Gasteiger partial charge in [0, 0.05) is 47.5 Å². The van der Waals surface area contributed by atoms with Gasteiger partial charge in [-0.2, -0.15) is 0 Å². The van der Waals surface area contributed by atoms with Crippen LogP contribution in [0.1, 0.15) is 37.6 Å². The van der Waals surface area contributed by atoms with Gasteiger partial charge in [-0.15, -0.1) is 0 Å². The SMILES string of the molecule is COc1cccc(C(=O)Nc2cccc(-c3cc4c(o3)CCN(C(=O)c3cccc(C)c3)C4)c2)c1. The first-order chi connectivity index (χ1) is 17.0. The Kier molecular flexibility index (Phi) is 6.10. The van der Waals surface area contributed by atoms with Gasteiger partial charge in [-0.1, -0.05) is 35.9 Å². The molecule has 0 atom stereocenters. The smallest absolute Gasteiger partial charge is 0.255 e. The number of aryl methyl sites for hydroxylation is 1. The number of hydrogen-bond acceptors (Lipinski definition) is 4. The van der Waals surface area contributed by atoms with Crippen molar-refractivity contribution in [3.8, 4) is 17.1 Å². The monoisotopic (exact) mass is 466 g/mol. The Labute approximate surface area is 204 Å². The maximum absolute atomic E-state index is 13.0. The molecule has 4 aromatic rings. The molecule has 0 saturated heterocycles. The van der Waals surface area contributed by atoms with Crippen molar-refractivity contribution in [3.63, 3.8) is 0 Å². The average Bonchev–Trinajstić information content (AvgIpc) is 3.32. The van der Waals surface area contributed by atoms with Crippen LogP contribution in [-0.2, 0) is 13.0 Å². The Morgan fingerprint density at radius 1 is 0.943 bits per heavy atom. The van der Waals surface area contributed by atoms with E-state index in [0.717, 1.165) is 28.2 Å². The molecule has 0 fully saturated rings. The van der Waals surface area contributed by atoms with Crippen LogP contribution in [0.15, 0.2) is 83.3 Å². The summed E-state index contributed by atoms with van der Waals surface area (Å²) in [6, 6.07) is 24.2. The second-order valence-corrected chi connectivity index (χ2v) is 8.67. The van der Waals surface area contributed by atoms with Crippen LogP contribution in [0.4, 0.5) is 5.69 Å². The lowest BCUT2D eigenvalue weighted by molar-refractivity contribution is 0.0729. The van der Waals surface area contributed by atoms with Crippen LogP contribution < -0.4 is 10.1 Å². The molecule has 1 N–H and O–H groups in total. The van der Waals surface area contributed by atoms with Gasteiger partial charge >= 0.3 is 0 Å². The Morgan fingerprint density at radius 3 is 2.57 bits per heavy atom. The third-order valence-electron chi connectivity index (χ3n) is 6.16. The molecule has 2 heterocycles. The molecule has 1 aromatic heterocycles. The van der Waals surface area contributed by atoms with Gasteiger partial charge in [0.15, 0.2) is 0 Å². The minimum absolute atomic E-state index is 0.0318. The molecule has 6 nitrogen and oxygen atoms in total. The largest absolute Gasteiger partial charge is 0.497 e. The normalized spacial score (nSPS) is 12.7. The molecule has 2 amide bonds. The molecule has 6 heteroatoms. The fraction of sp³-hybridized carbons (Fsp3) is 0.172. The van der Waals surface area contributed by atoms with Crippen LogP contribution in [0.25, 0.3) is 11.3 Å². The van der Waals surface area contributed by atoms with Gasteiger partial charge in [0.1, 0.15) is 17.3 Å². The number of hydrogen-bond donors (Lipinski definition) is 1. The predicted octanol–water partition coefficient (Wildman–Crippen LogP) is 5.71. The summed E-state index contributed by atoms with van der Waals surface area (Å²) in [5, 5.41) is 2.94. The standard InChI is InChI=1S/C29H26N2O4/c1-19-6-3-9-22(14-19)29(33)31-13-12-26-23(18-31)17-27(35-26)20-7-4-10-24(15-20)30-28(32)21-8-5-11-25(16-21)34-2/h3-11,14-17H,12-13,18H2,1-2H3,(H,30,32). The molecule has 35 heavy (non-hydrogen) atoms. The highest BCUT2D eigenvalue weighted by molar-refractivity contribution is 6.04. The van der Waals surface area contributed by atoms with Crippen molar-refractivity contribution in [2.75, 3.05) is 19.0 Å². The number of methoxy groups -OCH3 is 1. The fourth-order valence-corrected chi connectivity index (χ4v) is 4.33. The van der Waals surface area contributed by atoms with Crippen LogP contribution in [-0.4, -0.2) is 30.4 Å². The molecule has 3 aromatic carbocycles. The first-order valence-electron chi connectivity index (χ1n) is 11.5. The van der Waals surface area contributed by atoms with E-state index in [1.54, 1.807) is 31.4 Å². The maximum Gasteiger partial charge on any atom is 0.255 e. The third-order valence-corrected chi connectivity index (χ3v) is 6.16. The van der Waals surface area contributed by atoms with E-state index in [4.69, 9.17) is 9.15 Å². The van der Waals surface area contributed by atoms with Gasteiger partial charge in [-0.05, 0) is 55.5 Å². The number of fused-ring (bicyclic) bond motifs is 1. The van der Waals surface area contributed by atoms with Gasteiger partial charge in [0.2, 0.25) is 0 Å². The van der Waals surface area contributed by atoms with Crippen molar-refractivity contribution < 1.29 is 18.7 Å². The highest BCUT2D eigenvalue weighted by Gasteiger charge is 2.25. The third kappa shape index (κ3) is 4.82. The first kappa shape index (κ1) is 22.5. The van der Waals surface area contributed by atoms with Crippen molar-refractivity contribution in [2.24, 2.45) is 0 Å². The summed E-state index contributed by atoms with van der Waals surface area (Å²) < 4.78 is 11.4. The average molecular weight is 467 g/mol. The quantitative estimate of drug-likeness (QED) is 0.409. The molecule has 1 aliphatic rings. The molecule has 176 valence electrons. The lowest BCUT2D eigenvalue weighted by Crippen LogP contribution is -2.35. The van der Waals surface area contributed by atoms with Crippen molar-refractivity contribution in [2.45, 2.75) is 19.9 Å². The summed E-state index contributed by atoms with van der Waals surface area (Å²) in [7, 11) is 1.57. The first-order valence-corrected chi connectivity index (χ1v) is 11.5. The molecule has 0 radical (unpaired) electrons. The number of ether oxygens (including phenoxy) is 1. The lowest BCUT2D eigenvalue weighted by Gasteiger charge is -2.26. The Morgan fingerprint density at radius 2 is 1.74 bits per heavy atom. The molecule has 0 bridgehead atoms. The molecule has 0 aliphatic carbocycles. The highest BCUT2D eigenvalue weighted by Crippen LogP contribution is 2.31. The molecule has 0 unspecified atom stereocenters. The molecular weight excluding hydrogens is 440 g/mol. The Hall–Kier alpha value is -4.32. The van der Waals surface area contributed by atoms with Crippen LogP contribution in [0.3, 0.4) is 0 Å². The number of benzene rings is 3. The zero-order chi connectivity index (χ0) is 24.4. The van der Waals surface area contributed by atoms with E-state index in [1.165, 1.54) is 0 Å². The molecule has 5 rings (SSSR count). The summed E-state index contributed by atoms with van der Waals surface area (Å²) in [4.78, 5) is 27.6. The van der Waals surface area contributed by atoms with Gasteiger partial charge in [-0.3, -0.25) is 9.59 Å². The van der Waals surface area contributed by atoms with Crippen molar-refractivity contribution >= 4 is 17.5 Å². The molecule has 0 spiro atoms. The van der Waals surface area contributed by atoms with Crippen molar-refractivity contribution in [1.82, 2.24) is 4.90 Å². The molecule has 1 aliphatic heterocycles. The Balaban J connectivity index is 1.32. The molecule has 0 saturated carbocycles.